The molecule has 0 radical (unpaired) electrons. The Labute approximate surface area is 86.1 Å². The van der Waals surface area contributed by atoms with Gasteiger partial charge in [-0.15, -0.1) is 0 Å². The SMILES string of the molecule is Cc1cc(NCC(F)(F)CO)ncc1N. The molecular formula is C9H13F2N3O. The van der Waals surface area contributed by atoms with Gasteiger partial charge in [-0.3, -0.25) is 0 Å². The second-order valence-electron chi connectivity index (χ2n) is 3.29. The maximum atomic E-state index is 12.7. The van der Waals surface area contributed by atoms with Gasteiger partial charge in [0, 0.05) is 0 Å². The molecule has 1 aromatic rings. The molecule has 0 saturated carbocycles. The molecule has 4 N–H and O–H groups in total. The Morgan fingerprint density at radius 2 is 2.27 bits per heavy atom. The van der Waals surface area contributed by atoms with Crippen molar-refractivity contribution in [2.24, 2.45) is 0 Å². The summed E-state index contributed by atoms with van der Waals surface area (Å²) in [5.74, 6) is -2.83. The summed E-state index contributed by atoms with van der Waals surface area (Å²) in [7, 11) is 0. The number of anilines is 2. The van der Waals surface area contributed by atoms with Gasteiger partial charge in [-0.25, -0.2) is 13.8 Å². The molecule has 84 valence electrons. The van der Waals surface area contributed by atoms with Crippen molar-refractivity contribution in [3.8, 4) is 0 Å². The number of nitrogen functional groups attached to an aromatic ring is 1. The first-order valence-electron chi connectivity index (χ1n) is 4.39. The van der Waals surface area contributed by atoms with Crippen LogP contribution in [0.4, 0.5) is 20.3 Å². The van der Waals surface area contributed by atoms with E-state index >= 15 is 0 Å². The lowest BCUT2D eigenvalue weighted by atomic mass is 10.2. The number of aliphatic hydroxyl groups is 1. The van der Waals surface area contributed by atoms with Crippen LogP contribution < -0.4 is 11.1 Å². The number of nitrogens with one attached hydrogen (secondary N) is 1. The van der Waals surface area contributed by atoms with Crippen molar-refractivity contribution in [2.75, 3.05) is 24.2 Å². The highest BCUT2D eigenvalue weighted by atomic mass is 19.3. The van der Waals surface area contributed by atoms with Gasteiger partial charge in [-0.2, -0.15) is 0 Å². The molecule has 0 spiro atoms. The predicted octanol–water partition coefficient (Wildman–Crippen LogP) is 1.01. The highest BCUT2D eigenvalue weighted by Gasteiger charge is 2.27. The number of halogens is 2. The Balaban J connectivity index is 2.62. The highest BCUT2D eigenvalue weighted by Crippen LogP contribution is 2.16. The number of aliphatic hydroxyl groups excluding tert-OH is 1. The van der Waals surface area contributed by atoms with Crippen molar-refractivity contribution < 1.29 is 13.9 Å². The molecule has 4 nitrogen and oxygen atoms in total. The molecule has 1 aromatic heterocycles. The molecule has 0 aliphatic rings. The van der Waals surface area contributed by atoms with E-state index in [9.17, 15) is 8.78 Å². The number of aromatic nitrogens is 1. The normalized spacial score (nSPS) is 11.5. The fraction of sp³-hybridized carbons (Fsp3) is 0.444. The summed E-state index contributed by atoms with van der Waals surface area (Å²) < 4.78 is 25.3. The number of nitrogens with two attached hydrogens (primary N) is 1. The van der Waals surface area contributed by atoms with E-state index in [0.29, 0.717) is 11.5 Å². The Bertz CT molecular complexity index is 344. The molecule has 0 aliphatic heterocycles. The second-order valence-corrected chi connectivity index (χ2v) is 3.29. The zero-order valence-electron chi connectivity index (χ0n) is 8.30. The van der Waals surface area contributed by atoms with Gasteiger partial charge < -0.3 is 16.2 Å². The fourth-order valence-corrected chi connectivity index (χ4v) is 0.939. The van der Waals surface area contributed by atoms with E-state index in [1.54, 1.807) is 13.0 Å². The number of pyridine rings is 1. The lowest BCUT2D eigenvalue weighted by molar-refractivity contribution is -0.0373. The third-order valence-electron chi connectivity index (χ3n) is 1.91. The first-order chi connectivity index (χ1) is 6.94. The first kappa shape index (κ1) is 11.6. The van der Waals surface area contributed by atoms with Crippen LogP contribution in [0.15, 0.2) is 12.3 Å². The summed E-state index contributed by atoms with van der Waals surface area (Å²) in [6, 6.07) is 1.57. The average Bonchev–Trinajstić information content (AvgIpc) is 2.20. The van der Waals surface area contributed by atoms with Crippen LogP contribution in [0, 0.1) is 6.92 Å². The standard InChI is InChI=1S/C9H13F2N3O/c1-6-2-8(13-3-7(6)12)14-4-9(10,11)5-15/h2-3,15H,4-5,12H2,1H3,(H,13,14). The number of nitrogens with zero attached hydrogens (tertiary/aromatic N) is 1. The Morgan fingerprint density at radius 1 is 1.60 bits per heavy atom. The molecule has 0 fully saturated rings. The summed E-state index contributed by atoms with van der Waals surface area (Å²) in [5.41, 5.74) is 6.79. The van der Waals surface area contributed by atoms with Gasteiger partial charge in [0.25, 0.3) is 5.92 Å². The molecule has 0 atom stereocenters. The molecule has 0 unspecified atom stereocenters. The molecular weight excluding hydrogens is 204 g/mol. The maximum Gasteiger partial charge on any atom is 0.287 e. The van der Waals surface area contributed by atoms with Crippen molar-refractivity contribution in [2.45, 2.75) is 12.8 Å². The minimum Gasteiger partial charge on any atom is -0.397 e. The molecule has 0 amide bonds. The molecule has 6 heteroatoms. The summed E-state index contributed by atoms with van der Waals surface area (Å²) in [6.45, 7) is -0.0831. The van der Waals surface area contributed by atoms with Crippen LogP contribution >= 0.6 is 0 Å². The van der Waals surface area contributed by atoms with E-state index in [1.807, 2.05) is 0 Å². The Morgan fingerprint density at radius 3 is 2.80 bits per heavy atom. The van der Waals surface area contributed by atoms with Gasteiger partial charge in [0.15, 0.2) is 0 Å². The van der Waals surface area contributed by atoms with Crippen molar-refractivity contribution in [3.05, 3.63) is 17.8 Å². The quantitative estimate of drug-likeness (QED) is 0.704. The topological polar surface area (TPSA) is 71.2 Å². The van der Waals surface area contributed by atoms with Crippen LogP contribution in [0.3, 0.4) is 0 Å². The Hall–Kier alpha value is -1.43. The number of alkyl halides is 2. The monoisotopic (exact) mass is 217 g/mol. The highest BCUT2D eigenvalue weighted by molar-refractivity contribution is 5.50. The second kappa shape index (κ2) is 4.39. The van der Waals surface area contributed by atoms with Gasteiger partial charge in [0.05, 0.1) is 18.4 Å². The summed E-state index contributed by atoms with van der Waals surface area (Å²) in [6.07, 6.45) is 1.40. The molecule has 0 saturated heterocycles. The fourth-order valence-electron chi connectivity index (χ4n) is 0.939. The molecule has 1 rings (SSSR count). The van der Waals surface area contributed by atoms with E-state index < -0.39 is 19.1 Å². The van der Waals surface area contributed by atoms with Crippen LogP contribution in [-0.4, -0.2) is 29.2 Å². The summed E-state index contributed by atoms with van der Waals surface area (Å²) >= 11 is 0. The van der Waals surface area contributed by atoms with E-state index in [-0.39, 0.29) is 0 Å². The first-order valence-corrected chi connectivity index (χ1v) is 4.39. The van der Waals surface area contributed by atoms with Gasteiger partial charge in [0.2, 0.25) is 0 Å². The summed E-state index contributed by atoms with van der Waals surface area (Å²) in [4.78, 5) is 3.83. The van der Waals surface area contributed by atoms with Crippen LogP contribution in [0.25, 0.3) is 0 Å². The van der Waals surface area contributed by atoms with Crippen molar-refractivity contribution in [3.63, 3.8) is 0 Å². The van der Waals surface area contributed by atoms with Crippen LogP contribution in [0.1, 0.15) is 5.56 Å². The Kier molecular flexibility index (Phi) is 3.41. The zero-order chi connectivity index (χ0) is 11.5. The zero-order valence-corrected chi connectivity index (χ0v) is 8.30. The predicted molar refractivity (Wildman–Crippen MR) is 53.9 cm³/mol. The van der Waals surface area contributed by atoms with Crippen LogP contribution in [-0.2, 0) is 0 Å². The minimum absolute atomic E-state index is 0.315. The van der Waals surface area contributed by atoms with Gasteiger partial charge in [-0.1, -0.05) is 0 Å². The molecule has 15 heavy (non-hydrogen) atoms. The van der Waals surface area contributed by atoms with Crippen molar-refractivity contribution in [1.29, 1.82) is 0 Å². The molecule has 1 heterocycles. The lowest BCUT2D eigenvalue weighted by Crippen LogP contribution is -2.31. The number of rotatable bonds is 4. The average molecular weight is 217 g/mol. The minimum atomic E-state index is -3.14. The molecule has 0 aromatic carbocycles. The number of aryl methyl sites for hydroxylation is 1. The van der Waals surface area contributed by atoms with Gasteiger partial charge in [0.1, 0.15) is 12.4 Å². The number of hydrogen-bond donors (Lipinski definition) is 3. The lowest BCUT2D eigenvalue weighted by Gasteiger charge is -2.14. The van der Waals surface area contributed by atoms with E-state index in [4.69, 9.17) is 10.8 Å². The van der Waals surface area contributed by atoms with E-state index in [2.05, 4.69) is 10.3 Å². The van der Waals surface area contributed by atoms with E-state index in [0.717, 1.165) is 5.56 Å². The van der Waals surface area contributed by atoms with E-state index in [1.165, 1.54) is 6.20 Å². The van der Waals surface area contributed by atoms with Crippen LogP contribution in [0.2, 0.25) is 0 Å². The number of hydrogen-bond acceptors (Lipinski definition) is 4. The smallest absolute Gasteiger partial charge is 0.287 e. The third kappa shape index (κ3) is 3.32. The molecule has 0 bridgehead atoms. The maximum absolute atomic E-state index is 12.7. The van der Waals surface area contributed by atoms with Crippen molar-refractivity contribution in [1.82, 2.24) is 4.98 Å². The van der Waals surface area contributed by atoms with Crippen LogP contribution in [0.5, 0.6) is 0 Å². The van der Waals surface area contributed by atoms with Gasteiger partial charge >= 0.3 is 0 Å². The molecule has 0 aliphatic carbocycles. The third-order valence-corrected chi connectivity index (χ3v) is 1.91. The largest absolute Gasteiger partial charge is 0.397 e. The van der Waals surface area contributed by atoms with Gasteiger partial charge in [-0.05, 0) is 18.6 Å². The summed E-state index contributed by atoms with van der Waals surface area (Å²) in [5, 5.41) is 10.8. The van der Waals surface area contributed by atoms with Crippen molar-refractivity contribution >= 4 is 11.5 Å².